The van der Waals surface area contributed by atoms with E-state index in [4.69, 9.17) is 5.73 Å². The summed E-state index contributed by atoms with van der Waals surface area (Å²) in [4.78, 5) is 0. The highest BCUT2D eigenvalue weighted by atomic mass is 14.7. The third-order valence-corrected chi connectivity index (χ3v) is 5.05. The van der Waals surface area contributed by atoms with E-state index in [1.807, 2.05) is 0 Å². The molecule has 0 aromatic carbocycles. The molecule has 80 valence electrons. The van der Waals surface area contributed by atoms with Crippen molar-refractivity contribution in [2.45, 2.75) is 57.4 Å². The van der Waals surface area contributed by atoms with Crippen LogP contribution in [-0.2, 0) is 0 Å². The molecule has 3 aliphatic carbocycles. The first-order valence-corrected chi connectivity index (χ1v) is 6.62. The molecule has 3 saturated carbocycles. The molecule has 14 heavy (non-hydrogen) atoms. The lowest BCUT2D eigenvalue weighted by Gasteiger charge is -2.17. The maximum absolute atomic E-state index is 6.35. The summed E-state index contributed by atoms with van der Waals surface area (Å²) in [6.07, 6.45) is 11.7. The summed E-state index contributed by atoms with van der Waals surface area (Å²) in [7, 11) is 0. The SMILES string of the molecule is NC(CC1CCCC1)C1C2CCCC21. The van der Waals surface area contributed by atoms with E-state index < -0.39 is 0 Å². The van der Waals surface area contributed by atoms with Gasteiger partial charge in [-0.15, -0.1) is 0 Å². The van der Waals surface area contributed by atoms with Gasteiger partial charge in [0.25, 0.3) is 0 Å². The Hall–Kier alpha value is -0.0400. The zero-order chi connectivity index (χ0) is 9.54. The van der Waals surface area contributed by atoms with Gasteiger partial charge in [0.15, 0.2) is 0 Å². The predicted molar refractivity (Wildman–Crippen MR) is 58.9 cm³/mol. The molecule has 0 aromatic rings. The molecule has 2 N–H and O–H groups in total. The largest absolute Gasteiger partial charge is 0.327 e. The van der Waals surface area contributed by atoms with Gasteiger partial charge >= 0.3 is 0 Å². The Kier molecular flexibility index (Phi) is 2.31. The molecule has 0 heterocycles. The van der Waals surface area contributed by atoms with Crippen molar-refractivity contribution in [1.82, 2.24) is 0 Å². The van der Waals surface area contributed by atoms with Crippen LogP contribution in [0.4, 0.5) is 0 Å². The highest BCUT2D eigenvalue weighted by Crippen LogP contribution is 2.59. The molecule has 3 atom stereocenters. The maximum Gasteiger partial charge on any atom is 0.00753 e. The van der Waals surface area contributed by atoms with Crippen LogP contribution in [0.5, 0.6) is 0 Å². The lowest BCUT2D eigenvalue weighted by molar-refractivity contribution is 0.383. The van der Waals surface area contributed by atoms with Crippen molar-refractivity contribution in [1.29, 1.82) is 0 Å². The van der Waals surface area contributed by atoms with E-state index in [-0.39, 0.29) is 0 Å². The molecule has 3 fully saturated rings. The predicted octanol–water partition coefficient (Wildman–Crippen LogP) is 2.94. The van der Waals surface area contributed by atoms with Crippen LogP contribution in [0.1, 0.15) is 51.4 Å². The normalized spacial score (nSPS) is 43.9. The zero-order valence-electron chi connectivity index (χ0n) is 9.12. The number of rotatable bonds is 3. The number of hydrogen-bond acceptors (Lipinski definition) is 1. The van der Waals surface area contributed by atoms with E-state index >= 15 is 0 Å². The van der Waals surface area contributed by atoms with Crippen LogP contribution >= 0.6 is 0 Å². The van der Waals surface area contributed by atoms with Crippen LogP contribution in [0.3, 0.4) is 0 Å². The maximum atomic E-state index is 6.35. The lowest BCUT2D eigenvalue weighted by atomic mass is 9.93. The fourth-order valence-corrected chi connectivity index (χ4v) is 4.30. The van der Waals surface area contributed by atoms with E-state index in [0.29, 0.717) is 6.04 Å². The van der Waals surface area contributed by atoms with Gasteiger partial charge in [0.05, 0.1) is 0 Å². The van der Waals surface area contributed by atoms with Gasteiger partial charge in [0.2, 0.25) is 0 Å². The van der Waals surface area contributed by atoms with Gasteiger partial charge in [-0.05, 0) is 42.9 Å². The summed E-state index contributed by atoms with van der Waals surface area (Å²) in [6, 6.07) is 0.563. The second-order valence-corrected chi connectivity index (χ2v) is 5.89. The molecule has 0 bridgehead atoms. The van der Waals surface area contributed by atoms with Gasteiger partial charge in [-0.2, -0.15) is 0 Å². The van der Waals surface area contributed by atoms with Gasteiger partial charge in [-0.3, -0.25) is 0 Å². The van der Waals surface area contributed by atoms with Gasteiger partial charge in [-0.25, -0.2) is 0 Å². The molecule has 1 nitrogen and oxygen atoms in total. The van der Waals surface area contributed by atoms with Crippen molar-refractivity contribution in [3.63, 3.8) is 0 Å². The summed E-state index contributed by atoms with van der Waals surface area (Å²) >= 11 is 0. The Morgan fingerprint density at radius 2 is 1.57 bits per heavy atom. The molecule has 1 heteroatoms. The molecule has 0 amide bonds. The average molecular weight is 193 g/mol. The van der Waals surface area contributed by atoms with Crippen molar-refractivity contribution in [2.24, 2.45) is 29.4 Å². The van der Waals surface area contributed by atoms with E-state index in [1.165, 1.54) is 51.4 Å². The van der Waals surface area contributed by atoms with Crippen LogP contribution < -0.4 is 5.73 Å². The lowest BCUT2D eigenvalue weighted by Crippen LogP contribution is -2.27. The summed E-state index contributed by atoms with van der Waals surface area (Å²) in [5, 5.41) is 0. The second-order valence-electron chi connectivity index (χ2n) is 5.89. The minimum absolute atomic E-state index is 0.563. The monoisotopic (exact) mass is 193 g/mol. The average Bonchev–Trinajstić information content (AvgIpc) is 2.63. The molecular weight excluding hydrogens is 170 g/mol. The molecular formula is C13H23N. The first-order chi connectivity index (χ1) is 6.86. The van der Waals surface area contributed by atoms with E-state index in [2.05, 4.69) is 0 Å². The van der Waals surface area contributed by atoms with Crippen LogP contribution in [-0.4, -0.2) is 6.04 Å². The van der Waals surface area contributed by atoms with Crippen LogP contribution in [0, 0.1) is 23.7 Å². The van der Waals surface area contributed by atoms with Crippen molar-refractivity contribution >= 4 is 0 Å². The summed E-state index contributed by atoms with van der Waals surface area (Å²) in [5.41, 5.74) is 6.35. The minimum Gasteiger partial charge on any atom is -0.327 e. The zero-order valence-corrected chi connectivity index (χ0v) is 9.12. The topological polar surface area (TPSA) is 26.0 Å². The first-order valence-electron chi connectivity index (χ1n) is 6.62. The van der Waals surface area contributed by atoms with Crippen LogP contribution in [0.15, 0.2) is 0 Å². The van der Waals surface area contributed by atoms with Crippen molar-refractivity contribution < 1.29 is 0 Å². The van der Waals surface area contributed by atoms with Crippen LogP contribution in [0.25, 0.3) is 0 Å². The Balaban J connectivity index is 1.49. The minimum atomic E-state index is 0.563. The molecule has 0 aromatic heterocycles. The molecule has 0 saturated heterocycles. The number of fused-ring (bicyclic) bond motifs is 1. The van der Waals surface area contributed by atoms with Gasteiger partial charge in [0.1, 0.15) is 0 Å². The van der Waals surface area contributed by atoms with Gasteiger partial charge in [0, 0.05) is 6.04 Å². The second kappa shape index (κ2) is 3.52. The van der Waals surface area contributed by atoms with E-state index in [1.54, 1.807) is 0 Å². The summed E-state index contributed by atoms with van der Waals surface area (Å²) < 4.78 is 0. The molecule has 0 spiro atoms. The highest BCUT2D eigenvalue weighted by molar-refractivity contribution is 5.05. The third-order valence-electron chi connectivity index (χ3n) is 5.05. The van der Waals surface area contributed by atoms with E-state index in [0.717, 1.165) is 23.7 Å². The summed E-state index contributed by atoms with van der Waals surface area (Å²) in [6.45, 7) is 0. The summed E-state index contributed by atoms with van der Waals surface area (Å²) in [5.74, 6) is 4.06. The highest BCUT2D eigenvalue weighted by Gasteiger charge is 2.54. The Labute approximate surface area is 87.4 Å². The van der Waals surface area contributed by atoms with Gasteiger partial charge in [-0.1, -0.05) is 32.1 Å². The van der Waals surface area contributed by atoms with Gasteiger partial charge < -0.3 is 5.73 Å². The van der Waals surface area contributed by atoms with E-state index in [9.17, 15) is 0 Å². The molecule has 0 aliphatic heterocycles. The van der Waals surface area contributed by atoms with Crippen molar-refractivity contribution in [3.05, 3.63) is 0 Å². The fraction of sp³-hybridized carbons (Fsp3) is 1.00. The van der Waals surface area contributed by atoms with Crippen molar-refractivity contribution in [2.75, 3.05) is 0 Å². The Morgan fingerprint density at radius 1 is 0.929 bits per heavy atom. The fourth-order valence-electron chi connectivity index (χ4n) is 4.30. The Bertz CT molecular complexity index is 197. The third kappa shape index (κ3) is 1.50. The molecule has 0 radical (unpaired) electrons. The number of nitrogens with two attached hydrogens (primary N) is 1. The molecule has 3 aliphatic rings. The molecule has 3 rings (SSSR count). The smallest absolute Gasteiger partial charge is 0.00753 e. The standard InChI is InChI=1S/C13H23N/c14-12(8-9-4-1-2-5-9)13-10-6-3-7-11(10)13/h9-13H,1-8,14H2. The number of hydrogen-bond donors (Lipinski definition) is 1. The first kappa shape index (κ1) is 9.21. The molecule has 3 unspecified atom stereocenters. The van der Waals surface area contributed by atoms with Crippen LogP contribution in [0.2, 0.25) is 0 Å². The van der Waals surface area contributed by atoms with Crippen molar-refractivity contribution in [3.8, 4) is 0 Å². The Morgan fingerprint density at radius 3 is 2.21 bits per heavy atom. The quantitative estimate of drug-likeness (QED) is 0.732.